The molecule has 68 valence electrons. The van der Waals surface area contributed by atoms with Gasteiger partial charge in [-0.2, -0.15) is 0 Å². The molecule has 0 unspecified atom stereocenters. The number of carbonyl (C=O) groups is 1. The van der Waals surface area contributed by atoms with Gasteiger partial charge in [0.1, 0.15) is 5.56 Å². The van der Waals surface area contributed by atoms with Crippen LogP contribution < -0.4 is 4.74 Å². The Kier molecular flexibility index (Phi) is 1.50. The molecule has 0 aliphatic carbocycles. The van der Waals surface area contributed by atoms with Gasteiger partial charge >= 0.3 is 5.97 Å². The van der Waals surface area contributed by atoms with Crippen LogP contribution in [0.3, 0.4) is 0 Å². The Balaban J connectivity index is 2.76. The van der Waals surface area contributed by atoms with Crippen molar-refractivity contribution in [3.8, 4) is 11.6 Å². The molecule has 1 aliphatic heterocycles. The van der Waals surface area contributed by atoms with Crippen molar-refractivity contribution >= 4 is 5.97 Å². The number of esters is 1. The van der Waals surface area contributed by atoms with E-state index in [4.69, 9.17) is 9.84 Å². The van der Waals surface area contributed by atoms with Crippen LogP contribution in [0.5, 0.6) is 11.6 Å². The minimum atomic E-state index is -0.655. The van der Waals surface area contributed by atoms with Crippen molar-refractivity contribution in [3.63, 3.8) is 0 Å². The molecule has 0 spiro atoms. The standard InChI is InChI=1S/C8H7NO4/c1-3-6(11)5-4(2-10)7(9-3)13-8(5)12/h10-11H,2H2,1H3. The summed E-state index contributed by atoms with van der Waals surface area (Å²) in [5.41, 5.74) is 0.617. The number of carbonyl (C=O) groups excluding carboxylic acids is 1. The van der Waals surface area contributed by atoms with Crippen molar-refractivity contribution < 1.29 is 19.7 Å². The van der Waals surface area contributed by atoms with Crippen molar-refractivity contribution in [2.45, 2.75) is 13.5 Å². The molecule has 2 bridgehead atoms. The summed E-state index contributed by atoms with van der Waals surface area (Å²) in [7, 11) is 0. The fraction of sp³-hybridized carbons (Fsp3) is 0.250. The number of pyridine rings is 1. The highest BCUT2D eigenvalue weighted by atomic mass is 16.5. The van der Waals surface area contributed by atoms with E-state index in [1.807, 2.05) is 0 Å². The van der Waals surface area contributed by atoms with Gasteiger partial charge in [0.2, 0.25) is 5.88 Å². The van der Waals surface area contributed by atoms with Crippen LogP contribution >= 0.6 is 0 Å². The summed E-state index contributed by atoms with van der Waals surface area (Å²) >= 11 is 0. The van der Waals surface area contributed by atoms with Gasteiger partial charge in [0, 0.05) is 0 Å². The van der Waals surface area contributed by atoms with E-state index in [1.165, 1.54) is 0 Å². The van der Waals surface area contributed by atoms with Crippen molar-refractivity contribution in [1.29, 1.82) is 0 Å². The molecule has 0 radical (unpaired) electrons. The maximum atomic E-state index is 11.1. The normalized spacial score (nSPS) is 13.2. The quantitative estimate of drug-likeness (QED) is 0.601. The molecule has 2 rings (SSSR count). The van der Waals surface area contributed by atoms with Crippen LogP contribution in [0.15, 0.2) is 0 Å². The monoisotopic (exact) mass is 181 g/mol. The molecule has 0 amide bonds. The Morgan fingerprint density at radius 2 is 2.23 bits per heavy atom. The molecule has 2 N–H and O–H groups in total. The van der Waals surface area contributed by atoms with E-state index >= 15 is 0 Å². The third kappa shape index (κ3) is 0.905. The number of aromatic hydroxyl groups is 1. The zero-order chi connectivity index (χ0) is 9.59. The third-order valence-electron chi connectivity index (χ3n) is 1.96. The van der Waals surface area contributed by atoms with E-state index in [0.29, 0.717) is 5.69 Å². The number of aliphatic hydroxyl groups excluding tert-OH is 1. The highest BCUT2D eigenvalue weighted by molar-refractivity contribution is 5.99. The van der Waals surface area contributed by atoms with Crippen molar-refractivity contribution in [3.05, 3.63) is 16.8 Å². The van der Waals surface area contributed by atoms with E-state index in [1.54, 1.807) is 6.92 Å². The largest absolute Gasteiger partial charge is 0.505 e. The van der Waals surface area contributed by atoms with E-state index in [2.05, 4.69) is 4.98 Å². The number of fused-ring (bicyclic) bond motifs is 2. The van der Waals surface area contributed by atoms with Gasteiger partial charge in [0.25, 0.3) is 0 Å². The van der Waals surface area contributed by atoms with Gasteiger partial charge in [0.15, 0.2) is 5.75 Å². The first-order chi connectivity index (χ1) is 6.15. The molecule has 0 atom stereocenters. The topological polar surface area (TPSA) is 79.7 Å². The van der Waals surface area contributed by atoms with Crippen molar-refractivity contribution in [2.24, 2.45) is 0 Å². The molecule has 0 saturated carbocycles. The molecule has 13 heavy (non-hydrogen) atoms. The van der Waals surface area contributed by atoms with Crippen molar-refractivity contribution in [2.75, 3.05) is 0 Å². The molecular weight excluding hydrogens is 174 g/mol. The molecule has 0 aromatic carbocycles. The molecular formula is C8H7NO4. The summed E-state index contributed by atoms with van der Waals surface area (Å²) < 4.78 is 4.70. The number of aliphatic hydroxyl groups is 1. The Morgan fingerprint density at radius 1 is 1.54 bits per heavy atom. The van der Waals surface area contributed by atoms with Crippen LogP contribution in [-0.2, 0) is 6.61 Å². The first kappa shape index (κ1) is 8.00. The first-order valence-electron chi connectivity index (χ1n) is 3.70. The number of aromatic nitrogens is 1. The zero-order valence-corrected chi connectivity index (χ0v) is 6.87. The molecule has 2 heterocycles. The van der Waals surface area contributed by atoms with Crippen LogP contribution in [-0.4, -0.2) is 21.2 Å². The minimum absolute atomic E-state index is 0.0324. The maximum absolute atomic E-state index is 11.1. The van der Waals surface area contributed by atoms with Gasteiger partial charge < -0.3 is 14.9 Å². The Hall–Kier alpha value is -1.62. The number of hydrogen-bond donors (Lipinski definition) is 2. The molecule has 1 aromatic heterocycles. The van der Waals surface area contributed by atoms with E-state index in [0.717, 1.165) is 0 Å². The second kappa shape index (κ2) is 2.43. The number of nitrogens with zero attached hydrogens (tertiary/aromatic N) is 1. The number of aryl methyl sites for hydroxylation is 1. The van der Waals surface area contributed by atoms with Gasteiger partial charge in [-0.15, -0.1) is 0 Å². The molecule has 1 aromatic rings. The molecule has 1 aliphatic rings. The lowest BCUT2D eigenvalue weighted by atomic mass is 10.1. The second-order valence-corrected chi connectivity index (χ2v) is 2.75. The predicted octanol–water partition coefficient (Wildman–Crippen LogP) is 0.121. The van der Waals surface area contributed by atoms with E-state index in [-0.39, 0.29) is 29.4 Å². The van der Waals surface area contributed by atoms with Crippen LogP contribution in [0.4, 0.5) is 0 Å². The van der Waals surface area contributed by atoms with E-state index < -0.39 is 5.97 Å². The van der Waals surface area contributed by atoms with Gasteiger partial charge in [0.05, 0.1) is 17.9 Å². The van der Waals surface area contributed by atoms with Crippen molar-refractivity contribution in [1.82, 2.24) is 4.98 Å². The highest BCUT2D eigenvalue weighted by Gasteiger charge is 2.32. The zero-order valence-electron chi connectivity index (χ0n) is 6.87. The van der Waals surface area contributed by atoms with Crippen LogP contribution in [0.25, 0.3) is 0 Å². The fourth-order valence-corrected chi connectivity index (χ4v) is 1.29. The molecule has 5 heteroatoms. The predicted molar refractivity (Wildman–Crippen MR) is 41.5 cm³/mol. The second-order valence-electron chi connectivity index (χ2n) is 2.75. The third-order valence-corrected chi connectivity index (χ3v) is 1.96. The summed E-state index contributed by atoms with van der Waals surface area (Å²) in [5.74, 6) is -0.773. The number of hydrogen-bond acceptors (Lipinski definition) is 5. The van der Waals surface area contributed by atoms with Gasteiger partial charge in [-0.3, -0.25) is 0 Å². The van der Waals surface area contributed by atoms with Gasteiger partial charge in [-0.1, -0.05) is 0 Å². The summed E-state index contributed by atoms with van der Waals surface area (Å²) in [6, 6.07) is 0. The van der Waals surface area contributed by atoms with Crippen LogP contribution in [0, 0.1) is 6.92 Å². The summed E-state index contributed by atoms with van der Waals surface area (Å²) in [5, 5.41) is 18.3. The average molecular weight is 181 g/mol. The van der Waals surface area contributed by atoms with Gasteiger partial charge in [-0.25, -0.2) is 9.78 Å². The Labute approximate surface area is 73.6 Å². The minimum Gasteiger partial charge on any atom is -0.505 e. The van der Waals surface area contributed by atoms with Crippen LogP contribution in [0.2, 0.25) is 0 Å². The smallest absolute Gasteiger partial charge is 0.349 e. The lowest BCUT2D eigenvalue weighted by Crippen LogP contribution is -2.00. The molecule has 0 saturated heterocycles. The SMILES string of the molecule is Cc1nc2c(CO)c(c1O)C(=O)O2. The lowest BCUT2D eigenvalue weighted by molar-refractivity contribution is 0.0748. The maximum Gasteiger partial charge on any atom is 0.349 e. The van der Waals surface area contributed by atoms with Gasteiger partial charge in [-0.05, 0) is 6.92 Å². The summed E-state index contributed by atoms with van der Waals surface area (Å²) in [6.45, 7) is 1.20. The first-order valence-corrected chi connectivity index (χ1v) is 3.70. The highest BCUT2D eigenvalue weighted by Crippen LogP contribution is 2.36. The Morgan fingerprint density at radius 3 is 2.85 bits per heavy atom. The average Bonchev–Trinajstić information content (AvgIpc) is 2.34. The summed E-state index contributed by atoms with van der Waals surface area (Å²) in [6.07, 6.45) is 0. The fourth-order valence-electron chi connectivity index (χ4n) is 1.29. The summed E-state index contributed by atoms with van der Waals surface area (Å²) in [4.78, 5) is 14.9. The lowest BCUT2D eigenvalue weighted by Gasteiger charge is -2.00. The number of rotatable bonds is 1. The molecule has 0 fully saturated rings. The molecule has 5 nitrogen and oxygen atoms in total. The number of ether oxygens (including phenoxy) is 1. The van der Waals surface area contributed by atoms with Crippen LogP contribution in [0.1, 0.15) is 21.6 Å². The van der Waals surface area contributed by atoms with E-state index in [9.17, 15) is 9.90 Å². The Bertz CT molecular complexity index is 400.